The molecule has 2 atom stereocenters. The standard InChI is InChI=1S/C11H18FN3/c1-8-7-15(5-4-14-8)11-3-2-9(13)6-10(11)12/h3,6,8-9,14H,2,4-5,7,13H2,1H3/t8?,9-/m0/s1. The molecular formula is C11H18FN3. The summed E-state index contributed by atoms with van der Waals surface area (Å²) in [5.41, 5.74) is 6.38. The van der Waals surface area contributed by atoms with E-state index in [0.29, 0.717) is 6.04 Å². The molecule has 1 aliphatic carbocycles. The van der Waals surface area contributed by atoms with Crippen LogP contribution in [0, 0.1) is 0 Å². The van der Waals surface area contributed by atoms with Gasteiger partial charge in [0, 0.05) is 31.7 Å². The lowest BCUT2D eigenvalue weighted by atomic mass is 10.0. The molecule has 15 heavy (non-hydrogen) atoms. The highest BCUT2D eigenvalue weighted by molar-refractivity contribution is 5.30. The Morgan fingerprint density at radius 2 is 2.40 bits per heavy atom. The minimum absolute atomic E-state index is 0.158. The fourth-order valence-corrected chi connectivity index (χ4v) is 2.12. The third kappa shape index (κ3) is 2.38. The maximum absolute atomic E-state index is 13.7. The normalized spacial score (nSPS) is 32.3. The van der Waals surface area contributed by atoms with E-state index in [1.807, 2.05) is 6.08 Å². The van der Waals surface area contributed by atoms with Crippen LogP contribution in [0.1, 0.15) is 13.3 Å². The van der Waals surface area contributed by atoms with Crippen molar-refractivity contribution in [3.63, 3.8) is 0 Å². The second-order valence-corrected chi connectivity index (χ2v) is 4.30. The summed E-state index contributed by atoms with van der Waals surface area (Å²) < 4.78 is 13.7. The van der Waals surface area contributed by atoms with Gasteiger partial charge in [-0.05, 0) is 19.4 Å². The van der Waals surface area contributed by atoms with Crippen LogP contribution < -0.4 is 11.1 Å². The van der Waals surface area contributed by atoms with Gasteiger partial charge in [-0.3, -0.25) is 0 Å². The first-order valence-corrected chi connectivity index (χ1v) is 5.48. The lowest BCUT2D eigenvalue weighted by Gasteiger charge is -2.35. The SMILES string of the molecule is CC1CN(C2=CC[C@H](N)C=C2F)CCN1. The van der Waals surface area contributed by atoms with E-state index in [2.05, 4.69) is 17.1 Å². The lowest BCUT2D eigenvalue weighted by Crippen LogP contribution is -2.49. The third-order valence-electron chi connectivity index (χ3n) is 2.90. The first-order valence-electron chi connectivity index (χ1n) is 5.48. The maximum Gasteiger partial charge on any atom is 0.143 e. The van der Waals surface area contributed by atoms with Gasteiger partial charge in [0.2, 0.25) is 0 Å². The molecule has 2 aliphatic rings. The van der Waals surface area contributed by atoms with Gasteiger partial charge in [-0.1, -0.05) is 6.08 Å². The molecule has 0 bridgehead atoms. The largest absolute Gasteiger partial charge is 0.367 e. The molecule has 2 rings (SSSR count). The third-order valence-corrected chi connectivity index (χ3v) is 2.90. The fourth-order valence-electron chi connectivity index (χ4n) is 2.12. The zero-order valence-corrected chi connectivity index (χ0v) is 9.04. The fraction of sp³-hybridized carbons (Fsp3) is 0.636. The molecule has 4 heteroatoms. The van der Waals surface area contributed by atoms with Crippen molar-refractivity contribution in [2.45, 2.75) is 25.4 Å². The summed E-state index contributed by atoms with van der Waals surface area (Å²) in [5.74, 6) is -0.164. The highest BCUT2D eigenvalue weighted by atomic mass is 19.1. The Hall–Kier alpha value is -0.870. The van der Waals surface area contributed by atoms with E-state index in [4.69, 9.17) is 5.73 Å². The number of hydrogen-bond acceptors (Lipinski definition) is 3. The number of nitrogens with two attached hydrogens (primary N) is 1. The van der Waals surface area contributed by atoms with Crippen molar-refractivity contribution in [3.8, 4) is 0 Å². The van der Waals surface area contributed by atoms with Crippen molar-refractivity contribution in [1.82, 2.24) is 10.2 Å². The first-order chi connectivity index (χ1) is 7.16. The Labute approximate surface area is 89.8 Å². The van der Waals surface area contributed by atoms with E-state index >= 15 is 0 Å². The van der Waals surface area contributed by atoms with Gasteiger partial charge in [0.25, 0.3) is 0 Å². The molecule has 0 aromatic carbocycles. The minimum Gasteiger partial charge on any atom is -0.367 e. The second-order valence-electron chi connectivity index (χ2n) is 4.30. The summed E-state index contributed by atoms with van der Waals surface area (Å²) >= 11 is 0. The molecule has 1 unspecified atom stereocenters. The zero-order valence-electron chi connectivity index (χ0n) is 9.04. The summed E-state index contributed by atoms with van der Waals surface area (Å²) in [6.45, 7) is 4.76. The van der Waals surface area contributed by atoms with E-state index in [1.165, 1.54) is 6.08 Å². The Kier molecular flexibility index (Phi) is 3.07. The van der Waals surface area contributed by atoms with Crippen molar-refractivity contribution in [2.24, 2.45) is 5.73 Å². The predicted octanol–water partition coefficient (Wildman–Crippen LogP) is 0.748. The number of hydrogen-bond donors (Lipinski definition) is 2. The van der Waals surface area contributed by atoms with Crippen LogP contribution in [0.3, 0.4) is 0 Å². The number of rotatable bonds is 1. The lowest BCUT2D eigenvalue weighted by molar-refractivity contribution is 0.250. The molecule has 3 N–H and O–H groups in total. The molecule has 1 saturated heterocycles. The molecule has 0 spiro atoms. The van der Waals surface area contributed by atoms with Gasteiger partial charge in [0.1, 0.15) is 5.83 Å². The van der Waals surface area contributed by atoms with Crippen LogP contribution in [0.15, 0.2) is 23.7 Å². The van der Waals surface area contributed by atoms with Crippen molar-refractivity contribution in [2.75, 3.05) is 19.6 Å². The van der Waals surface area contributed by atoms with E-state index in [0.717, 1.165) is 31.8 Å². The highest BCUT2D eigenvalue weighted by Crippen LogP contribution is 2.23. The second kappa shape index (κ2) is 4.33. The van der Waals surface area contributed by atoms with Gasteiger partial charge < -0.3 is 16.0 Å². The first kappa shape index (κ1) is 10.6. The Morgan fingerprint density at radius 1 is 1.60 bits per heavy atom. The summed E-state index contributed by atoms with van der Waals surface area (Å²) in [5, 5.41) is 3.34. The molecule has 1 fully saturated rings. The van der Waals surface area contributed by atoms with Gasteiger partial charge in [0.15, 0.2) is 0 Å². The topological polar surface area (TPSA) is 41.3 Å². The van der Waals surface area contributed by atoms with Crippen molar-refractivity contribution < 1.29 is 4.39 Å². The average Bonchev–Trinajstić information content (AvgIpc) is 2.17. The molecule has 84 valence electrons. The molecule has 0 radical (unpaired) electrons. The van der Waals surface area contributed by atoms with Gasteiger partial charge in [-0.15, -0.1) is 0 Å². The average molecular weight is 211 g/mol. The van der Waals surface area contributed by atoms with Crippen molar-refractivity contribution >= 4 is 0 Å². The molecule has 0 saturated carbocycles. The van der Waals surface area contributed by atoms with Crippen molar-refractivity contribution in [3.05, 3.63) is 23.7 Å². The van der Waals surface area contributed by atoms with Crippen LogP contribution in [-0.4, -0.2) is 36.6 Å². The number of halogens is 1. The number of piperazine rings is 1. The molecule has 0 amide bonds. The molecule has 1 heterocycles. The van der Waals surface area contributed by atoms with E-state index in [9.17, 15) is 4.39 Å². The quantitative estimate of drug-likeness (QED) is 0.672. The zero-order chi connectivity index (χ0) is 10.8. The van der Waals surface area contributed by atoms with Crippen LogP contribution in [-0.2, 0) is 0 Å². The summed E-state index contributed by atoms with van der Waals surface area (Å²) in [4.78, 5) is 2.10. The Bertz CT molecular complexity index is 298. The summed E-state index contributed by atoms with van der Waals surface area (Å²) in [6, 6.07) is 0.261. The Morgan fingerprint density at radius 3 is 3.07 bits per heavy atom. The minimum atomic E-state index is -0.164. The summed E-state index contributed by atoms with van der Waals surface area (Å²) in [6.07, 6.45) is 4.17. The van der Waals surface area contributed by atoms with E-state index < -0.39 is 0 Å². The molecule has 0 aromatic rings. The van der Waals surface area contributed by atoms with Gasteiger partial charge in [-0.2, -0.15) is 0 Å². The van der Waals surface area contributed by atoms with Crippen LogP contribution in [0.25, 0.3) is 0 Å². The van der Waals surface area contributed by atoms with E-state index in [1.54, 1.807) is 0 Å². The van der Waals surface area contributed by atoms with Gasteiger partial charge >= 0.3 is 0 Å². The van der Waals surface area contributed by atoms with Crippen LogP contribution in [0.2, 0.25) is 0 Å². The van der Waals surface area contributed by atoms with Gasteiger partial charge in [0.05, 0.1) is 5.70 Å². The summed E-state index contributed by atoms with van der Waals surface area (Å²) in [7, 11) is 0. The van der Waals surface area contributed by atoms with Crippen LogP contribution in [0.4, 0.5) is 4.39 Å². The van der Waals surface area contributed by atoms with Crippen LogP contribution in [0.5, 0.6) is 0 Å². The maximum atomic E-state index is 13.7. The molecule has 0 aromatic heterocycles. The smallest absolute Gasteiger partial charge is 0.143 e. The number of nitrogens with one attached hydrogen (secondary N) is 1. The molecule has 1 aliphatic heterocycles. The molecule has 3 nitrogen and oxygen atoms in total. The highest BCUT2D eigenvalue weighted by Gasteiger charge is 2.22. The van der Waals surface area contributed by atoms with Crippen molar-refractivity contribution in [1.29, 1.82) is 0 Å². The Balaban J connectivity index is 2.07. The van der Waals surface area contributed by atoms with Gasteiger partial charge in [-0.25, -0.2) is 4.39 Å². The predicted molar refractivity (Wildman–Crippen MR) is 58.9 cm³/mol. The monoisotopic (exact) mass is 211 g/mol. The van der Waals surface area contributed by atoms with Crippen LogP contribution >= 0.6 is 0 Å². The number of nitrogens with zero attached hydrogens (tertiary/aromatic N) is 1. The van der Waals surface area contributed by atoms with E-state index in [-0.39, 0.29) is 11.9 Å². The molecular weight excluding hydrogens is 193 g/mol. The number of allylic oxidation sites excluding steroid dienone is 1.